The van der Waals surface area contributed by atoms with Gasteiger partial charge in [0.15, 0.2) is 0 Å². The van der Waals surface area contributed by atoms with Crippen LogP contribution in [0.4, 0.5) is 0 Å². The van der Waals surface area contributed by atoms with Crippen LogP contribution in [0.3, 0.4) is 0 Å². The van der Waals surface area contributed by atoms with Crippen molar-refractivity contribution in [2.24, 2.45) is 13.0 Å². The maximum absolute atomic E-state index is 10.8. The van der Waals surface area contributed by atoms with Crippen LogP contribution in [0.2, 0.25) is 0 Å². The lowest BCUT2D eigenvalue weighted by Crippen LogP contribution is -2.25. The van der Waals surface area contributed by atoms with E-state index in [1.807, 2.05) is 0 Å². The van der Waals surface area contributed by atoms with Crippen LogP contribution in [-0.4, -0.2) is 11.0 Å². The molecule has 3 unspecified atom stereocenters. The fourth-order valence-corrected chi connectivity index (χ4v) is 4.43. The van der Waals surface area contributed by atoms with Gasteiger partial charge in [0, 0.05) is 18.4 Å². The molecule has 0 aliphatic heterocycles. The first kappa shape index (κ1) is 12.8. The third kappa shape index (κ3) is 1.90. The summed E-state index contributed by atoms with van der Waals surface area (Å²) in [6.07, 6.45) is 6.82. The first-order chi connectivity index (χ1) is 9.13. The summed E-state index contributed by atoms with van der Waals surface area (Å²) in [7, 11) is 2.19. The van der Waals surface area contributed by atoms with Crippen LogP contribution in [0.1, 0.15) is 67.6 Å². The SMILES string of the molecule is CC1Cc2c3c(n(C)c2C(C)C1)C(NC=O)CCC3. The monoisotopic (exact) mass is 260 g/mol. The zero-order chi connectivity index (χ0) is 13.6. The number of fused-ring (bicyclic) bond motifs is 3. The number of hydrogen-bond donors (Lipinski definition) is 1. The van der Waals surface area contributed by atoms with Gasteiger partial charge in [0.05, 0.1) is 6.04 Å². The summed E-state index contributed by atoms with van der Waals surface area (Å²) >= 11 is 0. The predicted molar refractivity (Wildman–Crippen MR) is 76.2 cm³/mol. The molecular formula is C16H24N2O. The van der Waals surface area contributed by atoms with Gasteiger partial charge in [-0.15, -0.1) is 0 Å². The molecule has 1 N–H and O–H groups in total. The van der Waals surface area contributed by atoms with Crippen LogP contribution in [0, 0.1) is 5.92 Å². The van der Waals surface area contributed by atoms with Gasteiger partial charge in [0.1, 0.15) is 0 Å². The van der Waals surface area contributed by atoms with E-state index < -0.39 is 0 Å². The lowest BCUT2D eigenvalue weighted by molar-refractivity contribution is -0.110. The lowest BCUT2D eigenvalue weighted by Gasteiger charge is -2.26. The molecule has 3 rings (SSSR count). The second-order valence-corrected chi connectivity index (χ2v) is 6.46. The van der Waals surface area contributed by atoms with Crippen molar-refractivity contribution in [3.05, 3.63) is 22.5 Å². The minimum atomic E-state index is 0.222. The molecule has 2 aliphatic rings. The highest BCUT2D eigenvalue weighted by molar-refractivity contribution is 5.51. The van der Waals surface area contributed by atoms with Crippen molar-refractivity contribution in [3.63, 3.8) is 0 Å². The van der Waals surface area contributed by atoms with E-state index in [1.54, 1.807) is 11.1 Å². The van der Waals surface area contributed by atoms with Crippen molar-refractivity contribution in [3.8, 4) is 0 Å². The highest BCUT2D eigenvalue weighted by Crippen LogP contribution is 2.43. The van der Waals surface area contributed by atoms with Gasteiger partial charge >= 0.3 is 0 Å². The first-order valence-corrected chi connectivity index (χ1v) is 7.53. The van der Waals surface area contributed by atoms with Gasteiger partial charge in [-0.3, -0.25) is 4.79 Å². The zero-order valence-electron chi connectivity index (χ0n) is 12.2. The van der Waals surface area contributed by atoms with E-state index in [4.69, 9.17) is 0 Å². The molecule has 1 amide bonds. The minimum absolute atomic E-state index is 0.222. The van der Waals surface area contributed by atoms with Crippen LogP contribution >= 0.6 is 0 Å². The summed E-state index contributed by atoms with van der Waals surface area (Å²) < 4.78 is 2.39. The number of aromatic nitrogens is 1. The van der Waals surface area contributed by atoms with Crippen molar-refractivity contribution < 1.29 is 4.79 Å². The van der Waals surface area contributed by atoms with Crippen molar-refractivity contribution >= 4 is 6.41 Å². The van der Waals surface area contributed by atoms with Crippen LogP contribution < -0.4 is 5.32 Å². The number of nitrogens with zero attached hydrogens (tertiary/aromatic N) is 1. The van der Waals surface area contributed by atoms with Crippen molar-refractivity contribution in [2.75, 3.05) is 0 Å². The smallest absolute Gasteiger partial charge is 0.207 e. The van der Waals surface area contributed by atoms with Crippen LogP contribution in [-0.2, 0) is 24.7 Å². The Bertz CT molecular complexity index is 503. The Morgan fingerprint density at radius 3 is 2.79 bits per heavy atom. The molecule has 19 heavy (non-hydrogen) atoms. The van der Waals surface area contributed by atoms with Crippen LogP contribution in [0.5, 0.6) is 0 Å². The Hall–Kier alpha value is -1.25. The van der Waals surface area contributed by atoms with Crippen molar-refractivity contribution in [2.45, 2.75) is 57.9 Å². The highest BCUT2D eigenvalue weighted by Gasteiger charge is 2.33. The number of carbonyl (C=O) groups excluding carboxylic acids is 1. The van der Waals surface area contributed by atoms with Gasteiger partial charge in [0.2, 0.25) is 6.41 Å². The Balaban J connectivity index is 2.13. The van der Waals surface area contributed by atoms with Gasteiger partial charge < -0.3 is 9.88 Å². The van der Waals surface area contributed by atoms with Gasteiger partial charge in [0.25, 0.3) is 0 Å². The molecule has 0 saturated heterocycles. The Morgan fingerprint density at radius 1 is 1.26 bits per heavy atom. The molecular weight excluding hydrogens is 236 g/mol. The second kappa shape index (κ2) is 4.69. The summed E-state index contributed by atoms with van der Waals surface area (Å²) in [4.78, 5) is 10.8. The zero-order valence-corrected chi connectivity index (χ0v) is 12.2. The number of nitrogens with one attached hydrogen (secondary N) is 1. The Kier molecular flexibility index (Phi) is 3.15. The van der Waals surface area contributed by atoms with E-state index in [0.717, 1.165) is 18.7 Å². The van der Waals surface area contributed by atoms with E-state index in [9.17, 15) is 4.79 Å². The molecule has 0 saturated carbocycles. The fraction of sp³-hybridized carbons (Fsp3) is 0.688. The molecule has 1 heterocycles. The molecule has 1 aromatic rings. The standard InChI is InChI=1S/C16H24N2O/c1-10-7-11(2)15-13(8-10)12-5-4-6-14(17-9-19)16(12)18(15)3/h9-11,14H,4-8H2,1-3H3,(H,17,19). The normalized spacial score (nSPS) is 29.5. The van der Waals surface area contributed by atoms with Gasteiger partial charge in [-0.2, -0.15) is 0 Å². The third-order valence-corrected chi connectivity index (χ3v) is 5.00. The first-order valence-electron chi connectivity index (χ1n) is 7.53. The molecule has 0 radical (unpaired) electrons. The van der Waals surface area contributed by atoms with E-state index in [-0.39, 0.29) is 6.04 Å². The number of rotatable bonds is 2. The Morgan fingerprint density at radius 2 is 2.05 bits per heavy atom. The summed E-state index contributed by atoms with van der Waals surface area (Å²) in [6, 6.07) is 0.222. The maximum Gasteiger partial charge on any atom is 0.207 e. The van der Waals surface area contributed by atoms with E-state index in [0.29, 0.717) is 5.92 Å². The molecule has 3 heteroatoms. The molecule has 0 aromatic carbocycles. The lowest BCUT2D eigenvalue weighted by atomic mass is 9.79. The molecule has 104 valence electrons. The molecule has 2 aliphatic carbocycles. The summed E-state index contributed by atoms with van der Waals surface area (Å²) in [5.74, 6) is 1.43. The second-order valence-electron chi connectivity index (χ2n) is 6.46. The molecule has 0 spiro atoms. The fourth-order valence-electron chi connectivity index (χ4n) is 4.43. The molecule has 1 aromatic heterocycles. The number of carbonyl (C=O) groups is 1. The van der Waals surface area contributed by atoms with Crippen molar-refractivity contribution in [1.82, 2.24) is 9.88 Å². The average molecular weight is 260 g/mol. The number of amides is 1. The largest absolute Gasteiger partial charge is 0.350 e. The summed E-state index contributed by atoms with van der Waals surface area (Å²) in [6.45, 7) is 4.71. The van der Waals surface area contributed by atoms with E-state index in [2.05, 4.69) is 30.8 Å². The van der Waals surface area contributed by atoms with Gasteiger partial charge in [-0.05, 0) is 55.1 Å². The topological polar surface area (TPSA) is 34.0 Å². The average Bonchev–Trinajstić information content (AvgIpc) is 2.64. The predicted octanol–water partition coefficient (Wildman–Crippen LogP) is 2.83. The summed E-state index contributed by atoms with van der Waals surface area (Å²) in [5, 5.41) is 3.02. The van der Waals surface area contributed by atoms with Crippen molar-refractivity contribution in [1.29, 1.82) is 0 Å². The third-order valence-electron chi connectivity index (χ3n) is 5.00. The minimum Gasteiger partial charge on any atom is -0.350 e. The molecule has 0 fully saturated rings. The molecule has 3 nitrogen and oxygen atoms in total. The van der Waals surface area contributed by atoms with Crippen LogP contribution in [0.15, 0.2) is 0 Å². The van der Waals surface area contributed by atoms with Crippen LogP contribution in [0.25, 0.3) is 0 Å². The molecule has 0 bridgehead atoms. The number of hydrogen-bond acceptors (Lipinski definition) is 1. The quantitative estimate of drug-likeness (QED) is 0.815. The van der Waals surface area contributed by atoms with E-state index in [1.165, 1.54) is 37.1 Å². The van der Waals surface area contributed by atoms with Gasteiger partial charge in [-0.25, -0.2) is 0 Å². The molecule has 3 atom stereocenters. The maximum atomic E-state index is 10.8. The summed E-state index contributed by atoms with van der Waals surface area (Å²) in [5.41, 5.74) is 6.05. The Labute approximate surface area is 115 Å². The van der Waals surface area contributed by atoms with Gasteiger partial charge in [-0.1, -0.05) is 13.8 Å². The highest BCUT2D eigenvalue weighted by atomic mass is 16.1. The van der Waals surface area contributed by atoms with E-state index >= 15 is 0 Å².